The van der Waals surface area contributed by atoms with Crippen molar-refractivity contribution in [2.24, 2.45) is 0 Å². The number of nitrogens with zero attached hydrogens (tertiary/aromatic N) is 2. The molecular weight excluding hydrogens is 689 g/mol. The van der Waals surface area contributed by atoms with Crippen LogP contribution in [0.4, 0.5) is 0 Å². The Bertz CT molecular complexity index is 1200. The van der Waals surface area contributed by atoms with E-state index in [1.807, 2.05) is 21.6 Å². The number of hydrogen-bond acceptors (Lipinski definition) is 10. The molecular formula is C34H59N3O9PS2+. The number of amides is 1. The molecule has 280 valence electrons. The summed E-state index contributed by atoms with van der Waals surface area (Å²) < 4.78 is 29.8. The van der Waals surface area contributed by atoms with Crippen molar-refractivity contribution in [1.29, 1.82) is 0 Å². The van der Waals surface area contributed by atoms with E-state index in [0.717, 1.165) is 43.1 Å². The smallest absolute Gasteiger partial charge is 0.374 e. The maximum atomic E-state index is 13.4. The average Bonchev–Trinajstić information content (AvgIpc) is 3.72. The van der Waals surface area contributed by atoms with Crippen LogP contribution in [0.1, 0.15) is 135 Å². The topological polar surface area (TPSA) is 149 Å². The van der Waals surface area contributed by atoms with Crippen molar-refractivity contribution >= 4 is 35.7 Å². The highest BCUT2D eigenvalue weighted by Crippen LogP contribution is 2.40. The lowest BCUT2D eigenvalue weighted by Crippen LogP contribution is -2.41. The van der Waals surface area contributed by atoms with Gasteiger partial charge in [-0.15, -0.1) is 9.42 Å². The van der Waals surface area contributed by atoms with Gasteiger partial charge in [0.1, 0.15) is 18.8 Å². The fourth-order valence-corrected chi connectivity index (χ4v) is 9.88. The summed E-state index contributed by atoms with van der Waals surface area (Å²) in [6.45, 7) is 2.51. The Kier molecular flexibility index (Phi) is 21.4. The van der Waals surface area contributed by atoms with Gasteiger partial charge in [0.2, 0.25) is 5.91 Å². The molecule has 2 N–H and O–H groups in total. The molecule has 2 aliphatic rings. The van der Waals surface area contributed by atoms with Gasteiger partial charge >= 0.3 is 13.9 Å². The maximum absolute atomic E-state index is 13.4. The van der Waals surface area contributed by atoms with Crippen LogP contribution in [0.5, 0.6) is 0 Å². The second-order valence-corrected chi connectivity index (χ2v) is 16.5. The molecule has 6 atom stereocenters. The van der Waals surface area contributed by atoms with Gasteiger partial charge in [-0.25, -0.2) is 9.86 Å². The molecule has 0 radical (unpaired) electrons. The Morgan fingerprint density at radius 1 is 1.00 bits per heavy atom. The lowest BCUT2D eigenvalue weighted by molar-refractivity contribution is -0.202. The van der Waals surface area contributed by atoms with E-state index in [1.54, 1.807) is 0 Å². The third-order valence-electron chi connectivity index (χ3n) is 9.18. The summed E-state index contributed by atoms with van der Waals surface area (Å²) in [5.74, 6) is 1.08. The summed E-state index contributed by atoms with van der Waals surface area (Å²) >= 11 is 0. The van der Waals surface area contributed by atoms with E-state index in [4.69, 9.17) is 18.8 Å². The number of ether oxygens (including phenoxy) is 2. The minimum absolute atomic E-state index is 0.108. The number of carbonyl (C=O) groups excluding carboxylic acids is 1. The molecule has 1 aromatic rings. The van der Waals surface area contributed by atoms with Gasteiger partial charge in [-0.2, -0.15) is 0 Å². The molecule has 0 aliphatic carbocycles. The lowest BCUT2D eigenvalue weighted by atomic mass is 10.0. The van der Waals surface area contributed by atoms with Crippen LogP contribution < -0.4 is 11.2 Å². The van der Waals surface area contributed by atoms with Crippen LogP contribution in [0.2, 0.25) is 0 Å². The third kappa shape index (κ3) is 15.9. The molecule has 3 heterocycles. The van der Waals surface area contributed by atoms with E-state index in [9.17, 15) is 23.8 Å². The Balaban J connectivity index is 1.50. The molecule has 1 amide bonds. The molecule has 12 nitrogen and oxygen atoms in total. The van der Waals surface area contributed by atoms with Crippen molar-refractivity contribution in [3.63, 3.8) is 0 Å². The average molecular weight is 749 g/mol. The van der Waals surface area contributed by atoms with Crippen LogP contribution in [0.25, 0.3) is 0 Å². The van der Waals surface area contributed by atoms with E-state index in [1.165, 1.54) is 107 Å². The van der Waals surface area contributed by atoms with Crippen molar-refractivity contribution in [1.82, 2.24) is 14.6 Å². The van der Waals surface area contributed by atoms with Crippen molar-refractivity contribution in [2.75, 3.05) is 26.0 Å². The van der Waals surface area contributed by atoms with Crippen molar-refractivity contribution in [3.05, 3.63) is 33.1 Å². The first-order valence-corrected chi connectivity index (χ1v) is 21.9. The molecule has 49 heavy (non-hydrogen) atoms. The predicted octanol–water partition coefficient (Wildman–Crippen LogP) is 7.44. The fraction of sp³-hybridized carbons (Fsp3) is 0.853. The Morgan fingerprint density at radius 3 is 2.22 bits per heavy atom. The molecule has 0 bridgehead atoms. The second kappa shape index (κ2) is 24.9. The Labute approximate surface area is 300 Å². The summed E-state index contributed by atoms with van der Waals surface area (Å²) in [6, 6.07) is 1.17. The van der Waals surface area contributed by atoms with E-state index < -0.39 is 44.0 Å². The van der Waals surface area contributed by atoms with Crippen LogP contribution in [-0.2, 0) is 28.2 Å². The predicted molar refractivity (Wildman–Crippen MR) is 196 cm³/mol. The Morgan fingerprint density at radius 2 is 1.65 bits per heavy atom. The number of hydrogen-bond donors (Lipinski definition) is 2. The number of methoxy groups -OCH3 is 1. The fourth-order valence-electron chi connectivity index (χ4n) is 6.39. The minimum atomic E-state index is -3.04. The van der Waals surface area contributed by atoms with Gasteiger partial charge in [0.05, 0.1) is 0 Å². The van der Waals surface area contributed by atoms with Gasteiger partial charge in [-0.05, 0) is 25.7 Å². The van der Waals surface area contributed by atoms with Gasteiger partial charge in [0.25, 0.3) is 5.56 Å². The summed E-state index contributed by atoms with van der Waals surface area (Å²) in [7, 11) is 2.19. The number of hydroxylamine groups is 2. The molecule has 0 spiro atoms. The molecule has 15 heteroatoms. The highest BCUT2D eigenvalue weighted by Gasteiger charge is 2.51. The van der Waals surface area contributed by atoms with E-state index in [2.05, 4.69) is 11.9 Å². The first-order chi connectivity index (χ1) is 23.8. The monoisotopic (exact) mass is 748 g/mol. The lowest BCUT2D eigenvalue weighted by Gasteiger charge is -2.24. The van der Waals surface area contributed by atoms with Gasteiger partial charge < -0.3 is 9.47 Å². The largest absolute Gasteiger partial charge is 0.695 e. The van der Waals surface area contributed by atoms with Crippen LogP contribution in [0.3, 0.4) is 0 Å². The molecule has 2 saturated heterocycles. The number of rotatable bonds is 27. The summed E-state index contributed by atoms with van der Waals surface area (Å²) in [5, 5.41) is 2.07. The number of carbonyl (C=O) groups is 1. The summed E-state index contributed by atoms with van der Waals surface area (Å²) in [6.07, 6.45) is 19.0. The van der Waals surface area contributed by atoms with Gasteiger partial charge in [0, 0.05) is 47.9 Å². The van der Waals surface area contributed by atoms with Crippen molar-refractivity contribution in [3.8, 4) is 0 Å². The SMILES string of the molecule is CCCCCCCCCCCCCCCCN(OC[C@H]1O[C@@H](n2ccc(=O)[nH]c2=O)[C@@H](OC)C1O[P+](=O)O)C(=O)CCCCC1CCSS1. The molecule has 3 rings (SSSR count). The van der Waals surface area contributed by atoms with Crippen LogP contribution in [0.15, 0.2) is 21.9 Å². The molecule has 0 aromatic carbocycles. The zero-order valence-corrected chi connectivity index (χ0v) is 32.0. The first-order valence-electron chi connectivity index (χ1n) is 18.4. The number of aromatic amines is 1. The zero-order chi connectivity index (χ0) is 35.3. The van der Waals surface area contributed by atoms with Crippen molar-refractivity contribution < 1.29 is 33.1 Å². The number of aromatic nitrogens is 2. The van der Waals surface area contributed by atoms with Crippen LogP contribution >= 0.6 is 29.8 Å². The number of H-pyrrole nitrogens is 1. The van der Waals surface area contributed by atoms with Crippen LogP contribution in [0, 0.1) is 0 Å². The van der Waals surface area contributed by atoms with Gasteiger partial charge in [0.15, 0.2) is 12.3 Å². The molecule has 3 unspecified atom stereocenters. The number of unbranched alkanes of at least 4 members (excludes halogenated alkanes) is 14. The molecule has 1 aromatic heterocycles. The molecule has 2 aliphatic heterocycles. The van der Waals surface area contributed by atoms with Gasteiger partial charge in [-0.3, -0.25) is 24.0 Å². The zero-order valence-electron chi connectivity index (χ0n) is 29.5. The Hall–Kier alpha value is -1.25. The second-order valence-electron chi connectivity index (χ2n) is 13.1. The minimum Gasteiger partial charge on any atom is -0.374 e. The van der Waals surface area contributed by atoms with E-state index in [0.29, 0.717) is 18.2 Å². The standard InChI is InChI=1S/C34H58N3O9PS2/c1-3-4-5-6-7-8-9-10-11-12-13-14-15-18-23-37(30(39)20-17-16-19-27-22-25-48-49-27)44-26-28-31(46-47(41)42)32(43-2)33(45-28)36-24-21-29(38)35-34(36)40/h21,24,27-28,31-33H,3-20,22-23,25-26H2,1-2H3,(H-,35,38,40,41,42)/p+1/t27?,28-,31?,32+,33-/m1/s1. The van der Waals surface area contributed by atoms with Crippen LogP contribution in [-0.4, -0.2) is 75.0 Å². The number of nitrogens with one attached hydrogen (secondary N) is 1. The highest BCUT2D eigenvalue weighted by atomic mass is 33.1. The van der Waals surface area contributed by atoms with E-state index in [-0.39, 0.29) is 12.5 Å². The third-order valence-corrected chi connectivity index (χ3v) is 12.6. The summed E-state index contributed by atoms with van der Waals surface area (Å²) in [4.78, 5) is 55.4. The summed E-state index contributed by atoms with van der Waals surface area (Å²) in [5.41, 5.74) is -1.30. The van der Waals surface area contributed by atoms with E-state index >= 15 is 0 Å². The quantitative estimate of drug-likeness (QED) is 0.0400. The normalized spacial score (nSPS) is 22.5. The molecule has 2 fully saturated rings. The van der Waals surface area contributed by atoms with Gasteiger partial charge in [-0.1, -0.05) is 118 Å². The highest BCUT2D eigenvalue weighted by molar-refractivity contribution is 8.77. The van der Waals surface area contributed by atoms with Crippen molar-refractivity contribution in [2.45, 2.75) is 159 Å². The molecule has 0 saturated carbocycles. The first kappa shape index (κ1) is 42.2. The maximum Gasteiger partial charge on any atom is 0.695 e.